The van der Waals surface area contributed by atoms with Gasteiger partial charge >= 0.3 is 6.36 Å². The Morgan fingerprint density at radius 2 is 2.07 bits per heavy atom. The summed E-state index contributed by atoms with van der Waals surface area (Å²) in [6.45, 7) is 0. The van der Waals surface area contributed by atoms with E-state index in [0.717, 1.165) is 12.1 Å². The first kappa shape index (κ1) is 11.2. The molecule has 1 aromatic rings. The molecule has 3 nitrogen and oxygen atoms in total. The maximum Gasteiger partial charge on any atom is 0.573 e. The summed E-state index contributed by atoms with van der Waals surface area (Å²) >= 11 is 0. The fourth-order valence-corrected chi connectivity index (χ4v) is 1.02. The van der Waals surface area contributed by atoms with E-state index in [0.29, 0.717) is 5.56 Å². The molecule has 0 spiro atoms. The Hall–Kier alpha value is -1.90. The summed E-state index contributed by atoms with van der Waals surface area (Å²) in [6, 6.07) is 5.27. The predicted octanol–water partition coefficient (Wildman–Crippen LogP) is 2.23. The normalized spacial score (nSPS) is 10.8. The van der Waals surface area contributed by atoms with Crippen molar-refractivity contribution in [3.05, 3.63) is 23.8 Å². The minimum Gasteiger partial charge on any atom is -0.406 e. The summed E-state index contributed by atoms with van der Waals surface area (Å²) in [5.41, 5.74) is 6.04. The van der Waals surface area contributed by atoms with Gasteiger partial charge in [-0.2, -0.15) is 5.26 Å². The molecule has 0 aliphatic heterocycles. The molecule has 0 saturated carbocycles. The minimum atomic E-state index is -4.74. The molecule has 1 aromatic carbocycles. The lowest BCUT2D eigenvalue weighted by Gasteiger charge is -2.10. The van der Waals surface area contributed by atoms with E-state index in [1.54, 1.807) is 6.07 Å². The second kappa shape index (κ2) is 4.09. The van der Waals surface area contributed by atoms with Crippen LogP contribution in [0.25, 0.3) is 0 Å². The molecule has 0 heterocycles. The molecule has 0 atom stereocenters. The molecular weight excluding hydrogens is 209 g/mol. The first-order valence-corrected chi connectivity index (χ1v) is 3.93. The zero-order valence-electron chi connectivity index (χ0n) is 7.51. The third-order valence-electron chi connectivity index (χ3n) is 1.62. The lowest BCUT2D eigenvalue weighted by Crippen LogP contribution is -2.17. The Morgan fingerprint density at radius 1 is 1.40 bits per heavy atom. The summed E-state index contributed by atoms with van der Waals surface area (Å²) < 4.78 is 39.2. The van der Waals surface area contributed by atoms with Crippen LogP contribution in [0.4, 0.5) is 18.9 Å². The third-order valence-corrected chi connectivity index (χ3v) is 1.62. The van der Waals surface area contributed by atoms with E-state index < -0.39 is 6.36 Å². The highest BCUT2D eigenvalue weighted by Gasteiger charge is 2.31. The number of nitrogen functional groups attached to an aromatic ring is 1. The van der Waals surface area contributed by atoms with E-state index in [2.05, 4.69) is 4.74 Å². The lowest BCUT2D eigenvalue weighted by molar-refractivity contribution is -0.274. The topological polar surface area (TPSA) is 59.0 Å². The van der Waals surface area contributed by atoms with E-state index >= 15 is 0 Å². The number of benzene rings is 1. The first-order valence-electron chi connectivity index (χ1n) is 3.93. The van der Waals surface area contributed by atoms with Crippen LogP contribution in [-0.4, -0.2) is 6.36 Å². The maximum absolute atomic E-state index is 11.8. The number of hydrogen-bond acceptors (Lipinski definition) is 3. The Labute approximate surface area is 83.9 Å². The van der Waals surface area contributed by atoms with Crippen LogP contribution in [0.15, 0.2) is 18.2 Å². The number of nitrogens with two attached hydrogens (primary N) is 1. The van der Waals surface area contributed by atoms with Crippen molar-refractivity contribution in [2.75, 3.05) is 5.73 Å². The molecule has 0 radical (unpaired) electrons. The SMILES string of the molecule is N#CCc1cc(OC(F)(F)F)ccc1N. The highest BCUT2D eigenvalue weighted by Crippen LogP contribution is 2.26. The zero-order chi connectivity index (χ0) is 11.5. The van der Waals surface area contributed by atoms with Gasteiger partial charge in [-0.05, 0) is 23.8 Å². The molecule has 2 N–H and O–H groups in total. The van der Waals surface area contributed by atoms with Crippen LogP contribution < -0.4 is 10.5 Å². The molecule has 6 heteroatoms. The highest BCUT2D eigenvalue weighted by molar-refractivity contribution is 5.51. The van der Waals surface area contributed by atoms with Crippen molar-refractivity contribution in [3.63, 3.8) is 0 Å². The number of hydrogen-bond donors (Lipinski definition) is 1. The van der Waals surface area contributed by atoms with Crippen LogP contribution in [0.3, 0.4) is 0 Å². The van der Waals surface area contributed by atoms with E-state index in [1.165, 1.54) is 6.07 Å². The van der Waals surface area contributed by atoms with E-state index in [1.807, 2.05) is 0 Å². The van der Waals surface area contributed by atoms with Gasteiger partial charge < -0.3 is 10.5 Å². The van der Waals surface area contributed by atoms with Crippen LogP contribution in [0.1, 0.15) is 5.56 Å². The zero-order valence-corrected chi connectivity index (χ0v) is 7.51. The van der Waals surface area contributed by atoms with E-state index in [4.69, 9.17) is 11.0 Å². The quantitative estimate of drug-likeness (QED) is 0.771. The Morgan fingerprint density at radius 3 is 2.60 bits per heavy atom. The molecule has 80 valence electrons. The summed E-state index contributed by atoms with van der Waals surface area (Å²) in [7, 11) is 0. The highest BCUT2D eigenvalue weighted by atomic mass is 19.4. The van der Waals surface area contributed by atoms with Crippen molar-refractivity contribution < 1.29 is 17.9 Å². The Balaban J connectivity index is 2.93. The van der Waals surface area contributed by atoms with E-state index in [-0.39, 0.29) is 17.9 Å². The summed E-state index contributed by atoms with van der Waals surface area (Å²) in [6.07, 6.45) is -4.79. The van der Waals surface area contributed by atoms with Crippen molar-refractivity contribution in [2.24, 2.45) is 0 Å². The molecule has 0 aliphatic rings. The minimum absolute atomic E-state index is 0.0547. The van der Waals surface area contributed by atoms with Crippen molar-refractivity contribution in [3.8, 4) is 11.8 Å². The fraction of sp³-hybridized carbons (Fsp3) is 0.222. The molecule has 0 saturated heterocycles. The van der Waals surface area contributed by atoms with Gasteiger partial charge in [0.2, 0.25) is 0 Å². The van der Waals surface area contributed by atoms with Gasteiger partial charge in [-0.1, -0.05) is 0 Å². The number of nitrogens with zero attached hydrogens (tertiary/aromatic N) is 1. The molecule has 1 rings (SSSR count). The van der Waals surface area contributed by atoms with Gasteiger partial charge in [0, 0.05) is 5.69 Å². The first-order chi connectivity index (χ1) is 6.92. The Kier molecular flexibility index (Phi) is 3.04. The van der Waals surface area contributed by atoms with Gasteiger partial charge in [0.1, 0.15) is 5.75 Å². The van der Waals surface area contributed by atoms with Gasteiger partial charge in [0.25, 0.3) is 0 Å². The second-order valence-electron chi connectivity index (χ2n) is 2.74. The summed E-state index contributed by atoms with van der Waals surface area (Å²) in [4.78, 5) is 0. The molecular formula is C9H7F3N2O. The van der Waals surface area contributed by atoms with Crippen molar-refractivity contribution >= 4 is 5.69 Å². The van der Waals surface area contributed by atoms with Crippen LogP contribution in [0, 0.1) is 11.3 Å². The van der Waals surface area contributed by atoms with Crippen LogP contribution in [0.2, 0.25) is 0 Å². The Bertz CT molecular complexity index is 395. The largest absolute Gasteiger partial charge is 0.573 e. The number of anilines is 1. The molecule has 0 unspecified atom stereocenters. The lowest BCUT2D eigenvalue weighted by atomic mass is 10.1. The standard InChI is InChI=1S/C9H7F3N2O/c10-9(11,12)15-7-1-2-8(14)6(5-7)3-4-13/h1-2,5H,3,14H2. The molecule has 0 bridgehead atoms. The smallest absolute Gasteiger partial charge is 0.406 e. The third kappa shape index (κ3) is 3.38. The van der Waals surface area contributed by atoms with Crippen molar-refractivity contribution in [1.29, 1.82) is 5.26 Å². The molecule has 0 amide bonds. The summed E-state index contributed by atoms with van der Waals surface area (Å²) in [5.74, 6) is -0.373. The van der Waals surface area contributed by atoms with E-state index in [9.17, 15) is 13.2 Å². The van der Waals surface area contributed by atoms with Crippen molar-refractivity contribution in [2.45, 2.75) is 12.8 Å². The maximum atomic E-state index is 11.8. The van der Waals surface area contributed by atoms with Crippen LogP contribution in [-0.2, 0) is 6.42 Å². The van der Waals surface area contributed by atoms with Crippen molar-refractivity contribution in [1.82, 2.24) is 0 Å². The van der Waals surface area contributed by atoms with Gasteiger partial charge in [0.05, 0.1) is 12.5 Å². The molecule has 0 aromatic heterocycles. The molecule has 0 fully saturated rings. The van der Waals surface area contributed by atoms with Crippen LogP contribution >= 0.6 is 0 Å². The number of nitriles is 1. The number of ether oxygens (including phenoxy) is 1. The average molecular weight is 216 g/mol. The molecule has 0 aliphatic carbocycles. The fourth-order valence-electron chi connectivity index (χ4n) is 1.02. The van der Waals surface area contributed by atoms with Gasteiger partial charge in [-0.25, -0.2) is 0 Å². The van der Waals surface area contributed by atoms with Gasteiger partial charge in [0.15, 0.2) is 0 Å². The predicted molar refractivity (Wildman–Crippen MR) is 46.9 cm³/mol. The van der Waals surface area contributed by atoms with Gasteiger partial charge in [-0.3, -0.25) is 0 Å². The molecule has 15 heavy (non-hydrogen) atoms. The average Bonchev–Trinajstić information content (AvgIpc) is 2.09. The number of alkyl halides is 3. The van der Waals surface area contributed by atoms with Crippen LogP contribution in [0.5, 0.6) is 5.75 Å². The monoisotopic (exact) mass is 216 g/mol. The summed E-state index contributed by atoms with van der Waals surface area (Å²) in [5, 5.41) is 8.40. The van der Waals surface area contributed by atoms with Gasteiger partial charge in [-0.15, -0.1) is 13.2 Å². The second-order valence-corrected chi connectivity index (χ2v) is 2.74. The number of rotatable bonds is 2. The number of halogens is 3.